The third-order valence-corrected chi connectivity index (χ3v) is 8.24. The maximum absolute atomic E-state index is 13.0. The van der Waals surface area contributed by atoms with Crippen LogP contribution in [0.1, 0.15) is 51.2 Å². The molecule has 1 aromatic rings. The average molecular weight is 530 g/mol. The van der Waals surface area contributed by atoms with E-state index in [4.69, 9.17) is 18.9 Å². The Morgan fingerprint density at radius 1 is 1.18 bits per heavy atom. The Morgan fingerprint density at radius 3 is 2.61 bits per heavy atom. The van der Waals surface area contributed by atoms with Crippen molar-refractivity contribution in [3.8, 4) is 11.5 Å². The first-order chi connectivity index (χ1) is 17.9. The summed E-state index contributed by atoms with van der Waals surface area (Å²) in [5, 5.41) is 22.7. The third-order valence-electron chi connectivity index (χ3n) is 8.24. The van der Waals surface area contributed by atoms with Gasteiger partial charge in [0.2, 0.25) is 6.10 Å². The molecule has 2 heterocycles. The first-order valence-electron chi connectivity index (χ1n) is 12.6. The van der Waals surface area contributed by atoms with Gasteiger partial charge in [0.1, 0.15) is 11.5 Å². The number of aliphatic hydroxyl groups is 1. The van der Waals surface area contributed by atoms with Crippen LogP contribution in [0.5, 0.6) is 11.5 Å². The summed E-state index contributed by atoms with van der Waals surface area (Å²) in [4.78, 5) is 50.5. The number of esters is 3. The largest absolute Gasteiger partial charge is 0.504 e. The second kappa shape index (κ2) is 9.09. The Balaban J connectivity index is 1.40. The molecule has 38 heavy (non-hydrogen) atoms. The van der Waals surface area contributed by atoms with E-state index in [0.29, 0.717) is 19.4 Å². The van der Waals surface area contributed by atoms with E-state index >= 15 is 0 Å². The van der Waals surface area contributed by atoms with Gasteiger partial charge in [-0.2, -0.15) is 0 Å². The number of carbonyl (C=O) groups is 4. The van der Waals surface area contributed by atoms with E-state index in [2.05, 4.69) is 4.90 Å². The fourth-order valence-electron chi connectivity index (χ4n) is 6.57. The molecule has 5 rings (SSSR count). The molecule has 1 saturated heterocycles. The van der Waals surface area contributed by atoms with Gasteiger partial charge >= 0.3 is 17.9 Å². The van der Waals surface area contributed by atoms with Crippen LogP contribution >= 0.6 is 0 Å². The molecule has 4 aliphatic rings. The molecular formula is C27H31NO10. The predicted molar refractivity (Wildman–Crippen MR) is 129 cm³/mol. The van der Waals surface area contributed by atoms with E-state index in [-0.39, 0.29) is 36.1 Å². The van der Waals surface area contributed by atoms with E-state index in [0.717, 1.165) is 18.1 Å². The topological polar surface area (TPSA) is 149 Å². The number of ketones is 1. The summed E-state index contributed by atoms with van der Waals surface area (Å²) >= 11 is 0. The number of carbonyl (C=O) groups excluding carboxylic acids is 4. The predicted octanol–water partition coefficient (Wildman–Crippen LogP) is 1.06. The number of likely N-dealkylation sites (tertiary alicyclic amines) is 1. The number of benzene rings is 1. The molecule has 11 heteroatoms. The Kier molecular flexibility index (Phi) is 6.26. The number of hydrogen-bond donors (Lipinski definition) is 2. The minimum atomic E-state index is -1.48. The van der Waals surface area contributed by atoms with Crippen molar-refractivity contribution < 1.29 is 48.3 Å². The lowest BCUT2D eigenvalue weighted by molar-refractivity contribution is -0.180. The second-order valence-corrected chi connectivity index (χ2v) is 10.6. The maximum Gasteiger partial charge on any atom is 0.352 e. The quantitative estimate of drug-likeness (QED) is 0.386. The van der Waals surface area contributed by atoms with E-state index in [1.807, 2.05) is 13.1 Å². The SMILES string of the molecule is CC(=O)C[C@H](OC(C)=O)C(=O)O[C@@H](C)C(=O)OC1=CC[C@@]2(O)[C@H]3Cc4ccc(O)c5c4[C@@]2(CCN3C)[C@H]1O5. The van der Waals surface area contributed by atoms with Crippen LogP contribution in [0.15, 0.2) is 24.0 Å². The van der Waals surface area contributed by atoms with Crippen LogP contribution in [0.3, 0.4) is 0 Å². The molecule has 204 valence electrons. The van der Waals surface area contributed by atoms with Gasteiger partial charge in [0, 0.05) is 24.9 Å². The van der Waals surface area contributed by atoms with Crippen LogP contribution in [-0.2, 0) is 45.2 Å². The molecule has 11 nitrogen and oxygen atoms in total. The van der Waals surface area contributed by atoms with Crippen molar-refractivity contribution in [3.05, 3.63) is 35.1 Å². The summed E-state index contributed by atoms with van der Waals surface area (Å²) < 4.78 is 22.0. The van der Waals surface area contributed by atoms with Crippen LogP contribution < -0.4 is 4.74 Å². The molecule has 6 atom stereocenters. The van der Waals surface area contributed by atoms with E-state index in [1.165, 1.54) is 13.8 Å². The van der Waals surface area contributed by atoms with Gasteiger partial charge in [-0.1, -0.05) is 6.07 Å². The standard InChI is InChI=1S/C27H31NO10/c1-13(29)11-19(36-15(3)30)25(33)35-14(2)24(32)37-18-7-8-27(34)20-12-16-5-6-17(31)22-21(16)26(27,23(18)38-22)9-10-28(20)4/h5-7,14,19-20,23,31,34H,8-12H2,1-4H3/t14-,19-,20+,23-,26-,27+/m0/s1. The number of piperidine rings is 1. The van der Waals surface area contributed by atoms with E-state index in [1.54, 1.807) is 12.1 Å². The molecule has 2 aliphatic carbocycles. The van der Waals surface area contributed by atoms with E-state index < -0.39 is 53.0 Å². The normalized spacial score (nSPS) is 30.2. The highest BCUT2D eigenvalue weighted by Gasteiger charge is 2.72. The fourth-order valence-corrected chi connectivity index (χ4v) is 6.57. The lowest BCUT2D eigenvalue weighted by Gasteiger charge is -2.61. The molecule has 0 radical (unpaired) electrons. The lowest BCUT2D eigenvalue weighted by atomic mass is 9.50. The molecule has 2 N–H and O–H groups in total. The molecule has 2 aliphatic heterocycles. The first-order valence-corrected chi connectivity index (χ1v) is 12.6. The van der Waals surface area contributed by atoms with Gasteiger partial charge in [0.15, 0.2) is 23.7 Å². The van der Waals surface area contributed by atoms with Crippen LogP contribution in [0.25, 0.3) is 0 Å². The summed E-state index contributed by atoms with van der Waals surface area (Å²) in [6, 6.07) is 3.22. The molecule has 1 aromatic carbocycles. The van der Waals surface area contributed by atoms with Gasteiger partial charge < -0.3 is 34.1 Å². The van der Waals surface area contributed by atoms with Gasteiger partial charge in [-0.05, 0) is 58.0 Å². The van der Waals surface area contributed by atoms with Crippen molar-refractivity contribution in [2.45, 2.75) is 81.8 Å². The second-order valence-electron chi connectivity index (χ2n) is 10.6. The van der Waals surface area contributed by atoms with Crippen molar-refractivity contribution in [3.63, 3.8) is 0 Å². The van der Waals surface area contributed by atoms with Crippen molar-refractivity contribution in [1.82, 2.24) is 4.90 Å². The Labute approximate surface area is 219 Å². The van der Waals surface area contributed by atoms with Crippen molar-refractivity contribution in [1.29, 1.82) is 0 Å². The van der Waals surface area contributed by atoms with Gasteiger partial charge in [-0.25, -0.2) is 9.59 Å². The minimum absolute atomic E-state index is 0.0535. The minimum Gasteiger partial charge on any atom is -0.504 e. The summed E-state index contributed by atoms with van der Waals surface area (Å²) in [6.07, 6.45) is -1.22. The summed E-state index contributed by atoms with van der Waals surface area (Å²) in [6.45, 7) is 4.30. The highest BCUT2D eigenvalue weighted by molar-refractivity contribution is 5.88. The number of rotatable bonds is 7. The molecule has 0 saturated carbocycles. The summed E-state index contributed by atoms with van der Waals surface area (Å²) in [5.74, 6) is -2.73. The highest BCUT2D eigenvalue weighted by atomic mass is 16.6. The van der Waals surface area contributed by atoms with E-state index in [9.17, 15) is 29.4 Å². The maximum atomic E-state index is 13.0. The zero-order valence-electron chi connectivity index (χ0n) is 21.7. The number of nitrogens with zero attached hydrogens (tertiary/aromatic N) is 1. The lowest BCUT2D eigenvalue weighted by Crippen LogP contribution is -2.74. The third kappa shape index (κ3) is 3.79. The zero-order chi connectivity index (χ0) is 27.6. The molecule has 0 aromatic heterocycles. The molecule has 0 unspecified atom stereocenters. The number of ether oxygens (including phenoxy) is 4. The highest BCUT2D eigenvalue weighted by Crippen LogP contribution is 2.65. The van der Waals surface area contributed by atoms with Gasteiger partial charge in [0.05, 0.1) is 17.4 Å². The number of hydrogen-bond acceptors (Lipinski definition) is 11. The number of phenols is 1. The Bertz CT molecular complexity index is 1240. The molecule has 0 amide bonds. The van der Waals surface area contributed by atoms with Crippen molar-refractivity contribution >= 4 is 23.7 Å². The average Bonchev–Trinajstić information content (AvgIpc) is 3.19. The number of Topliss-reactive ketones (excluding diaryl/α,β-unsaturated/α-hetero) is 1. The fraction of sp³-hybridized carbons (Fsp3) is 0.556. The monoisotopic (exact) mass is 529 g/mol. The number of likely N-dealkylation sites (N-methyl/N-ethyl adjacent to an activating group) is 1. The van der Waals surface area contributed by atoms with Gasteiger partial charge in [-0.15, -0.1) is 0 Å². The van der Waals surface area contributed by atoms with Crippen molar-refractivity contribution in [2.75, 3.05) is 13.6 Å². The van der Waals surface area contributed by atoms with Crippen LogP contribution in [0, 0.1) is 0 Å². The van der Waals surface area contributed by atoms with Gasteiger partial charge in [-0.3, -0.25) is 9.59 Å². The zero-order valence-corrected chi connectivity index (χ0v) is 21.7. The summed E-state index contributed by atoms with van der Waals surface area (Å²) in [5.41, 5.74) is -0.422. The summed E-state index contributed by atoms with van der Waals surface area (Å²) in [7, 11) is 1.97. The van der Waals surface area contributed by atoms with Gasteiger partial charge in [0.25, 0.3) is 0 Å². The number of phenolic OH excluding ortho intramolecular Hbond substituents is 1. The first kappa shape index (κ1) is 26.2. The van der Waals surface area contributed by atoms with Crippen LogP contribution in [-0.4, -0.2) is 82.4 Å². The molecule has 2 bridgehead atoms. The van der Waals surface area contributed by atoms with Crippen LogP contribution in [0.2, 0.25) is 0 Å². The Morgan fingerprint density at radius 2 is 1.92 bits per heavy atom. The number of aromatic hydroxyl groups is 1. The molecule has 1 spiro atoms. The Hall–Kier alpha value is -3.44. The van der Waals surface area contributed by atoms with Crippen molar-refractivity contribution in [2.24, 2.45) is 0 Å². The molecular weight excluding hydrogens is 498 g/mol. The smallest absolute Gasteiger partial charge is 0.352 e. The van der Waals surface area contributed by atoms with Crippen LogP contribution in [0.4, 0.5) is 0 Å². The molecule has 1 fully saturated rings.